The molecule has 0 atom stereocenters. The van der Waals surface area contributed by atoms with Gasteiger partial charge in [-0.1, -0.05) is 29.0 Å². The summed E-state index contributed by atoms with van der Waals surface area (Å²) in [6, 6.07) is 5.33. The standard InChI is InChI=1S/C13H15ClN4O2S/c1-3-15-13-18-17-12(21-13)11(19)16-7-8-9(14)5-4-6-10(8)20-2/h4-6H,3,7H2,1-2H3,(H,15,18)(H,16,19). The molecule has 0 aliphatic carbocycles. The van der Waals surface area contributed by atoms with Crippen LogP contribution in [0.3, 0.4) is 0 Å². The molecule has 2 rings (SSSR count). The molecule has 0 radical (unpaired) electrons. The van der Waals surface area contributed by atoms with Crippen LogP contribution in [-0.2, 0) is 6.54 Å². The van der Waals surface area contributed by atoms with Crippen molar-refractivity contribution in [2.75, 3.05) is 19.0 Å². The summed E-state index contributed by atoms with van der Waals surface area (Å²) in [7, 11) is 1.56. The molecule has 8 heteroatoms. The van der Waals surface area contributed by atoms with E-state index < -0.39 is 0 Å². The number of halogens is 1. The zero-order valence-corrected chi connectivity index (χ0v) is 13.2. The first-order valence-electron chi connectivity index (χ1n) is 6.32. The van der Waals surface area contributed by atoms with Gasteiger partial charge in [0.1, 0.15) is 5.75 Å². The predicted molar refractivity (Wildman–Crippen MR) is 83.2 cm³/mol. The van der Waals surface area contributed by atoms with Gasteiger partial charge in [-0.2, -0.15) is 0 Å². The van der Waals surface area contributed by atoms with Gasteiger partial charge in [0.2, 0.25) is 10.1 Å². The number of carbonyl (C=O) groups excluding carboxylic acids is 1. The number of benzene rings is 1. The van der Waals surface area contributed by atoms with E-state index in [1.807, 2.05) is 6.92 Å². The van der Waals surface area contributed by atoms with Gasteiger partial charge in [0, 0.05) is 23.7 Å². The highest BCUT2D eigenvalue weighted by Crippen LogP contribution is 2.26. The molecule has 0 aliphatic heterocycles. The summed E-state index contributed by atoms with van der Waals surface area (Å²) in [5, 5.41) is 15.0. The third-order valence-electron chi connectivity index (χ3n) is 2.67. The molecular weight excluding hydrogens is 312 g/mol. The van der Waals surface area contributed by atoms with Crippen LogP contribution in [0, 0.1) is 0 Å². The fraction of sp³-hybridized carbons (Fsp3) is 0.308. The van der Waals surface area contributed by atoms with Crippen LogP contribution in [0.15, 0.2) is 18.2 Å². The Morgan fingerprint density at radius 3 is 2.95 bits per heavy atom. The number of aromatic nitrogens is 2. The van der Waals surface area contributed by atoms with Crippen LogP contribution in [0.25, 0.3) is 0 Å². The van der Waals surface area contributed by atoms with Crippen LogP contribution < -0.4 is 15.4 Å². The van der Waals surface area contributed by atoms with E-state index in [4.69, 9.17) is 16.3 Å². The molecule has 0 saturated heterocycles. The van der Waals surface area contributed by atoms with Crippen LogP contribution in [0.2, 0.25) is 5.02 Å². The maximum absolute atomic E-state index is 12.0. The van der Waals surface area contributed by atoms with Crippen molar-refractivity contribution in [3.8, 4) is 5.75 Å². The maximum Gasteiger partial charge on any atom is 0.282 e. The zero-order valence-electron chi connectivity index (χ0n) is 11.6. The molecule has 0 fully saturated rings. The summed E-state index contributed by atoms with van der Waals surface area (Å²) in [6.07, 6.45) is 0. The molecule has 2 N–H and O–H groups in total. The third-order valence-corrected chi connectivity index (χ3v) is 3.90. The quantitative estimate of drug-likeness (QED) is 0.853. The van der Waals surface area contributed by atoms with Crippen molar-refractivity contribution in [1.82, 2.24) is 15.5 Å². The lowest BCUT2D eigenvalue weighted by molar-refractivity contribution is 0.0949. The molecule has 0 spiro atoms. The lowest BCUT2D eigenvalue weighted by atomic mass is 10.2. The van der Waals surface area contributed by atoms with Gasteiger partial charge in [0.25, 0.3) is 5.91 Å². The van der Waals surface area contributed by atoms with Crippen LogP contribution in [0.1, 0.15) is 22.3 Å². The lowest BCUT2D eigenvalue weighted by Crippen LogP contribution is -2.23. The molecule has 1 amide bonds. The minimum Gasteiger partial charge on any atom is -0.496 e. The average Bonchev–Trinajstić information content (AvgIpc) is 2.94. The Labute approximate surface area is 131 Å². The van der Waals surface area contributed by atoms with Crippen molar-refractivity contribution in [3.05, 3.63) is 33.8 Å². The molecule has 1 aromatic carbocycles. The second kappa shape index (κ2) is 7.24. The molecule has 1 heterocycles. The number of methoxy groups -OCH3 is 1. The number of amides is 1. The fourth-order valence-electron chi connectivity index (χ4n) is 1.68. The minimum atomic E-state index is -0.293. The van der Waals surface area contributed by atoms with Gasteiger partial charge in [-0.25, -0.2) is 0 Å². The molecule has 1 aromatic heterocycles. The molecule has 0 unspecified atom stereocenters. The predicted octanol–water partition coefficient (Wildman–Crippen LogP) is 2.56. The monoisotopic (exact) mass is 326 g/mol. The first-order valence-corrected chi connectivity index (χ1v) is 7.52. The van der Waals surface area contributed by atoms with E-state index in [0.717, 1.165) is 12.1 Å². The van der Waals surface area contributed by atoms with Crippen molar-refractivity contribution in [1.29, 1.82) is 0 Å². The van der Waals surface area contributed by atoms with Gasteiger partial charge in [-0.05, 0) is 19.1 Å². The average molecular weight is 327 g/mol. The minimum absolute atomic E-state index is 0.262. The lowest BCUT2D eigenvalue weighted by Gasteiger charge is -2.10. The van der Waals surface area contributed by atoms with E-state index in [2.05, 4.69) is 20.8 Å². The molecule has 0 saturated carbocycles. The number of nitrogens with zero attached hydrogens (tertiary/aromatic N) is 2. The van der Waals surface area contributed by atoms with E-state index in [9.17, 15) is 4.79 Å². The Balaban J connectivity index is 2.04. The first kappa shape index (κ1) is 15.5. The number of nitrogens with one attached hydrogen (secondary N) is 2. The van der Waals surface area contributed by atoms with Crippen molar-refractivity contribution < 1.29 is 9.53 Å². The van der Waals surface area contributed by atoms with Gasteiger partial charge in [-0.3, -0.25) is 4.79 Å². The van der Waals surface area contributed by atoms with Gasteiger partial charge in [-0.15, -0.1) is 10.2 Å². The summed E-state index contributed by atoms with van der Waals surface area (Å²) in [4.78, 5) is 12.0. The van der Waals surface area contributed by atoms with Crippen molar-refractivity contribution in [2.45, 2.75) is 13.5 Å². The highest BCUT2D eigenvalue weighted by Gasteiger charge is 2.14. The summed E-state index contributed by atoms with van der Waals surface area (Å²) < 4.78 is 5.23. The Morgan fingerprint density at radius 1 is 1.43 bits per heavy atom. The van der Waals surface area contributed by atoms with E-state index in [-0.39, 0.29) is 12.5 Å². The molecule has 6 nitrogen and oxygen atoms in total. The number of hydrogen-bond donors (Lipinski definition) is 2. The van der Waals surface area contributed by atoms with Crippen LogP contribution in [0.5, 0.6) is 5.75 Å². The van der Waals surface area contributed by atoms with Crippen LogP contribution >= 0.6 is 22.9 Å². The van der Waals surface area contributed by atoms with Crippen molar-refractivity contribution in [2.24, 2.45) is 0 Å². The number of hydrogen-bond acceptors (Lipinski definition) is 6. The Bertz CT molecular complexity index is 632. The second-order valence-electron chi connectivity index (χ2n) is 4.05. The number of rotatable bonds is 6. The van der Waals surface area contributed by atoms with Crippen molar-refractivity contribution >= 4 is 34.0 Å². The SMILES string of the molecule is CCNc1nnc(C(=O)NCc2c(Cl)cccc2OC)s1. The largest absolute Gasteiger partial charge is 0.496 e. The molecule has 2 aromatic rings. The number of carbonyl (C=O) groups is 1. The fourth-order valence-corrected chi connectivity index (χ4v) is 2.64. The first-order chi connectivity index (χ1) is 10.2. The smallest absolute Gasteiger partial charge is 0.282 e. The highest BCUT2D eigenvalue weighted by atomic mass is 35.5. The van der Waals surface area contributed by atoms with Crippen LogP contribution in [0.4, 0.5) is 5.13 Å². The number of anilines is 1. The summed E-state index contributed by atoms with van der Waals surface area (Å²) >= 11 is 7.32. The number of ether oxygens (including phenoxy) is 1. The molecular formula is C13H15ClN4O2S. The normalized spacial score (nSPS) is 10.2. The highest BCUT2D eigenvalue weighted by molar-refractivity contribution is 7.17. The Morgan fingerprint density at radius 2 is 2.24 bits per heavy atom. The maximum atomic E-state index is 12.0. The van der Waals surface area contributed by atoms with Crippen LogP contribution in [-0.4, -0.2) is 29.8 Å². The zero-order chi connectivity index (χ0) is 15.2. The van der Waals surface area contributed by atoms with E-state index in [1.54, 1.807) is 25.3 Å². The summed E-state index contributed by atoms with van der Waals surface area (Å²) in [5.41, 5.74) is 0.728. The van der Waals surface area contributed by atoms with Gasteiger partial charge < -0.3 is 15.4 Å². The molecule has 112 valence electrons. The van der Waals surface area contributed by atoms with E-state index in [0.29, 0.717) is 20.9 Å². The topological polar surface area (TPSA) is 76.1 Å². The molecule has 0 bridgehead atoms. The van der Waals surface area contributed by atoms with Gasteiger partial charge in [0.05, 0.1) is 7.11 Å². The Kier molecular flexibility index (Phi) is 5.35. The third kappa shape index (κ3) is 3.83. The molecule has 21 heavy (non-hydrogen) atoms. The van der Waals surface area contributed by atoms with Crippen molar-refractivity contribution in [3.63, 3.8) is 0 Å². The second-order valence-corrected chi connectivity index (χ2v) is 5.43. The summed E-state index contributed by atoms with van der Waals surface area (Å²) in [6.45, 7) is 2.94. The van der Waals surface area contributed by atoms with E-state index in [1.165, 1.54) is 11.3 Å². The van der Waals surface area contributed by atoms with Gasteiger partial charge in [0.15, 0.2) is 0 Å². The Hall–Kier alpha value is -1.86. The van der Waals surface area contributed by atoms with Gasteiger partial charge >= 0.3 is 0 Å². The summed E-state index contributed by atoms with van der Waals surface area (Å²) in [5.74, 6) is 0.340. The van der Waals surface area contributed by atoms with E-state index >= 15 is 0 Å². The molecule has 0 aliphatic rings.